The van der Waals surface area contributed by atoms with Gasteiger partial charge in [-0.2, -0.15) is 12.6 Å². The highest BCUT2D eigenvalue weighted by atomic mass is 32.1. The van der Waals surface area contributed by atoms with E-state index in [1.807, 2.05) is 30.3 Å². The van der Waals surface area contributed by atoms with Crippen molar-refractivity contribution < 1.29 is 19.8 Å². The number of hydrogen-bond acceptors (Lipinski definition) is 4. The molecule has 0 saturated carbocycles. The van der Waals surface area contributed by atoms with Crippen molar-refractivity contribution in [2.45, 2.75) is 12.0 Å². The number of carboxylic acid groups (broad SMARTS) is 1. The van der Waals surface area contributed by atoms with E-state index in [4.69, 9.17) is 5.11 Å². The summed E-state index contributed by atoms with van der Waals surface area (Å²) < 4.78 is 0. The Morgan fingerprint density at radius 2 is 1.59 bits per heavy atom. The van der Waals surface area contributed by atoms with Gasteiger partial charge in [-0.3, -0.25) is 4.79 Å². The van der Waals surface area contributed by atoms with E-state index in [0.717, 1.165) is 5.56 Å². The molecule has 0 fully saturated rings. The fourth-order valence-corrected chi connectivity index (χ4v) is 2.68. The predicted molar refractivity (Wildman–Crippen MR) is 86.4 cm³/mol. The molecule has 2 atom stereocenters. The molecule has 0 spiro atoms. The Morgan fingerprint density at radius 3 is 2.18 bits per heavy atom. The lowest BCUT2D eigenvalue weighted by atomic mass is 9.88. The summed E-state index contributed by atoms with van der Waals surface area (Å²) in [5.74, 6) is -1.84. The molecule has 0 aliphatic carbocycles. The number of carbonyl (C=O) groups is 2. The summed E-state index contributed by atoms with van der Waals surface area (Å²) in [6.45, 7) is 0. The molecule has 22 heavy (non-hydrogen) atoms. The van der Waals surface area contributed by atoms with Gasteiger partial charge in [0.1, 0.15) is 0 Å². The Balaban J connectivity index is 2.43. The second-order valence-corrected chi connectivity index (χ2v) is 5.20. The summed E-state index contributed by atoms with van der Waals surface area (Å²) in [6.07, 6.45) is -1.73. The predicted octanol–water partition coefficient (Wildman–Crippen LogP) is 2.70. The molecule has 2 aromatic rings. The summed E-state index contributed by atoms with van der Waals surface area (Å²) in [6, 6.07) is 15.4. The first-order valence-corrected chi connectivity index (χ1v) is 7.39. The number of aliphatic carboxylic acids is 1. The van der Waals surface area contributed by atoms with E-state index in [-0.39, 0.29) is 16.9 Å². The minimum Gasteiger partial charge on any atom is -0.479 e. The second kappa shape index (κ2) is 7.24. The van der Waals surface area contributed by atoms with E-state index in [1.165, 1.54) is 12.1 Å². The maximum atomic E-state index is 12.8. The molecule has 114 valence electrons. The molecule has 0 saturated heterocycles. The van der Waals surface area contributed by atoms with E-state index < -0.39 is 18.0 Å². The fraction of sp³-hybridized carbons (Fsp3) is 0.176. The van der Waals surface area contributed by atoms with Gasteiger partial charge < -0.3 is 10.2 Å². The third kappa shape index (κ3) is 3.37. The van der Waals surface area contributed by atoms with Gasteiger partial charge in [-0.1, -0.05) is 54.6 Å². The molecule has 0 amide bonds. The lowest BCUT2D eigenvalue weighted by Crippen LogP contribution is -2.20. The zero-order valence-corrected chi connectivity index (χ0v) is 12.6. The summed E-state index contributed by atoms with van der Waals surface area (Å²) >= 11 is 4.24. The summed E-state index contributed by atoms with van der Waals surface area (Å²) in [4.78, 5) is 23.8. The van der Waals surface area contributed by atoms with Crippen LogP contribution >= 0.6 is 12.6 Å². The van der Waals surface area contributed by atoms with Gasteiger partial charge in [0.25, 0.3) is 0 Å². The van der Waals surface area contributed by atoms with E-state index in [2.05, 4.69) is 12.6 Å². The summed E-state index contributed by atoms with van der Waals surface area (Å²) in [5.41, 5.74) is 1.12. The highest BCUT2D eigenvalue weighted by Gasteiger charge is 2.27. The average molecular weight is 316 g/mol. The minimum absolute atomic E-state index is 0.0997. The summed E-state index contributed by atoms with van der Waals surface area (Å²) in [5, 5.41) is 18.8. The zero-order chi connectivity index (χ0) is 16.1. The van der Waals surface area contributed by atoms with Gasteiger partial charge in [-0.15, -0.1) is 0 Å². The third-order valence-electron chi connectivity index (χ3n) is 3.46. The number of aliphatic hydroxyl groups excluding tert-OH is 1. The molecule has 4 nitrogen and oxygen atoms in total. The molecule has 1 unspecified atom stereocenters. The minimum atomic E-state index is -1.73. The molecule has 0 aliphatic heterocycles. The first kappa shape index (κ1) is 16.3. The zero-order valence-electron chi connectivity index (χ0n) is 11.7. The van der Waals surface area contributed by atoms with Crippen LogP contribution in [0, 0.1) is 0 Å². The highest BCUT2D eigenvalue weighted by Crippen LogP contribution is 2.27. The van der Waals surface area contributed by atoms with E-state index >= 15 is 0 Å². The molecule has 0 radical (unpaired) electrons. The number of thiol groups is 1. The first-order chi connectivity index (χ1) is 10.6. The van der Waals surface area contributed by atoms with Crippen LogP contribution in [0.5, 0.6) is 0 Å². The largest absolute Gasteiger partial charge is 0.479 e. The van der Waals surface area contributed by atoms with Crippen molar-refractivity contribution in [3.8, 4) is 0 Å². The Bertz CT molecular complexity index is 669. The van der Waals surface area contributed by atoms with Crippen LogP contribution in [-0.2, 0) is 4.79 Å². The molecule has 5 heteroatoms. The quantitative estimate of drug-likeness (QED) is 0.566. The van der Waals surface area contributed by atoms with Gasteiger partial charge in [0, 0.05) is 16.9 Å². The molecule has 2 rings (SSSR count). The molecule has 0 aromatic heterocycles. The molecule has 0 bridgehead atoms. The number of rotatable bonds is 6. The molecule has 0 aliphatic rings. The van der Waals surface area contributed by atoms with Gasteiger partial charge >= 0.3 is 5.97 Å². The standard InChI is InChI=1S/C17H16O4S/c18-15(14(10-22)11-6-2-1-3-7-11)12-8-4-5-9-13(12)16(19)17(20)21/h1-9,14,16,19,22H,10H2,(H,20,21)/t14?,16-/m1/s1. The van der Waals surface area contributed by atoms with Crippen LogP contribution < -0.4 is 0 Å². The number of Topliss-reactive ketones (excluding diaryl/α,β-unsaturated/α-hetero) is 1. The third-order valence-corrected chi connectivity index (χ3v) is 3.82. The van der Waals surface area contributed by atoms with Crippen LogP contribution in [0.4, 0.5) is 0 Å². The normalized spacial score (nSPS) is 13.4. The summed E-state index contributed by atoms with van der Waals surface area (Å²) in [7, 11) is 0. The van der Waals surface area contributed by atoms with Crippen LogP contribution in [-0.4, -0.2) is 27.7 Å². The fourth-order valence-electron chi connectivity index (χ4n) is 2.31. The van der Waals surface area contributed by atoms with E-state index in [1.54, 1.807) is 12.1 Å². The maximum Gasteiger partial charge on any atom is 0.337 e. The van der Waals surface area contributed by atoms with Crippen LogP contribution in [0.1, 0.15) is 33.5 Å². The van der Waals surface area contributed by atoms with Gasteiger partial charge in [-0.05, 0) is 5.56 Å². The monoisotopic (exact) mass is 316 g/mol. The van der Waals surface area contributed by atoms with Crippen molar-refractivity contribution in [3.63, 3.8) is 0 Å². The number of carbonyl (C=O) groups excluding carboxylic acids is 1. The SMILES string of the molecule is O=C(c1ccccc1[C@@H](O)C(=O)O)C(CS)c1ccccc1. The molecule has 2 aromatic carbocycles. The number of aliphatic hydroxyl groups is 1. The maximum absolute atomic E-state index is 12.8. The molecule has 2 N–H and O–H groups in total. The Labute approximate surface area is 133 Å². The van der Waals surface area contributed by atoms with E-state index in [9.17, 15) is 14.7 Å². The Morgan fingerprint density at radius 1 is 1.00 bits per heavy atom. The van der Waals surface area contributed by atoms with Crippen molar-refractivity contribution in [2.75, 3.05) is 5.75 Å². The van der Waals surface area contributed by atoms with Crippen molar-refractivity contribution >= 4 is 24.4 Å². The highest BCUT2D eigenvalue weighted by molar-refractivity contribution is 7.80. The van der Waals surface area contributed by atoms with Crippen LogP contribution in [0.15, 0.2) is 54.6 Å². The Kier molecular flexibility index (Phi) is 5.35. The van der Waals surface area contributed by atoms with Crippen molar-refractivity contribution in [1.29, 1.82) is 0 Å². The van der Waals surface area contributed by atoms with Gasteiger partial charge in [0.05, 0.1) is 5.92 Å². The van der Waals surface area contributed by atoms with Gasteiger partial charge in [-0.25, -0.2) is 4.79 Å². The number of benzene rings is 2. The van der Waals surface area contributed by atoms with Crippen LogP contribution in [0.2, 0.25) is 0 Å². The molecule has 0 heterocycles. The first-order valence-electron chi connectivity index (χ1n) is 6.76. The van der Waals surface area contributed by atoms with Crippen LogP contribution in [0.25, 0.3) is 0 Å². The van der Waals surface area contributed by atoms with Gasteiger partial charge in [0.15, 0.2) is 11.9 Å². The topological polar surface area (TPSA) is 74.6 Å². The van der Waals surface area contributed by atoms with Crippen molar-refractivity contribution in [2.24, 2.45) is 0 Å². The number of ketones is 1. The van der Waals surface area contributed by atoms with Gasteiger partial charge in [0.2, 0.25) is 0 Å². The van der Waals surface area contributed by atoms with Crippen LogP contribution in [0.3, 0.4) is 0 Å². The number of hydrogen-bond donors (Lipinski definition) is 3. The van der Waals surface area contributed by atoms with Crippen molar-refractivity contribution in [3.05, 3.63) is 71.3 Å². The molecular weight excluding hydrogens is 300 g/mol. The molecular formula is C17H16O4S. The van der Waals surface area contributed by atoms with E-state index in [0.29, 0.717) is 5.75 Å². The Hall–Kier alpha value is -2.11. The van der Waals surface area contributed by atoms with Crippen molar-refractivity contribution in [1.82, 2.24) is 0 Å². The second-order valence-electron chi connectivity index (χ2n) is 4.84. The lowest BCUT2D eigenvalue weighted by molar-refractivity contribution is -0.146. The number of carboxylic acids is 1. The average Bonchev–Trinajstić information content (AvgIpc) is 2.55. The lowest BCUT2D eigenvalue weighted by Gasteiger charge is -2.17. The smallest absolute Gasteiger partial charge is 0.337 e.